The van der Waals surface area contributed by atoms with Crippen LogP contribution in [0.15, 0.2) is 10.6 Å². The van der Waals surface area contributed by atoms with E-state index in [1.807, 2.05) is 6.92 Å². The molecule has 0 amide bonds. The average molecular weight is 210 g/mol. The molecular weight excluding hydrogens is 188 g/mol. The largest absolute Gasteiger partial charge is 0.445 e. The highest BCUT2D eigenvalue weighted by Crippen LogP contribution is 2.06. The molecule has 1 aromatic rings. The molecule has 0 fully saturated rings. The van der Waals surface area contributed by atoms with Crippen molar-refractivity contribution >= 4 is 0 Å². The zero-order valence-electron chi connectivity index (χ0n) is 10.0. The third-order valence-corrected chi connectivity index (χ3v) is 2.61. The Morgan fingerprint density at radius 2 is 2.27 bits per heavy atom. The molecule has 0 saturated carbocycles. The molecule has 1 unspecified atom stereocenters. The molecule has 0 aromatic carbocycles. The van der Waals surface area contributed by atoms with E-state index >= 15 is 0 Å². The minimum absolute atomic E-state index is 0.595. The summed E-state index contributed by atoms with van der Waals surface area (Å²) in [5.41, 5.74) is 0. The van der Waals surface area contributed by atoms with Crippen LogP contribution in [0, 0.1) is 6.92 Å². The van der Waals surface area contributed by atoms with Crippen LogP contribution in [-0.4, -0.2) is 11.0 Å². The van der Waals surface area contributed by atoms with Crippen molar-refractivity contribution in [3.05, 3.63) is 17.8 Å². The Morgan fingerprint density at radius 1 is 1.47 bits per heavy atom. The normalized spacial score (nSPS) is 13.0. The first-order valence-electron chi connectivity index (χ1n) is 5.91. The van der Waals surface area contributed by atoms with Gasteiger partial charge in [-0.15, -0.1) is 0 Å². The predicted octanol–water partition coefficient (Wildman–Crippen LogP) is 3.04. The lowest BCUT2D eigenvalue weighted by molar-refractivity contribution is 0.398. The number of hydrogen-bond acceptors (Lipinski definition) is 3. The third-order valence-electron chi connectivity index (χ3n) is 2.61. The van der Waals surface area contributed by atoms with Crippen LogP contribution in [0.5, 0.6) is 0 Å². The van der Waals surface area contributed by atoms with Gasteiger partial charge in [0.25, 0.3) is 0 Å². The summed E-state index contributed by atoms with van der Waals surface area (Å²) in [6.45, 7) is 7.11. The number of oxazole rings is 1. The van der Waals surface area contributed by atoms with Crippen molar-refractivity contribution in [2.75, 3.05) is 0 Å². The van der Waals surface area contributed by atoms with E-state index < -0.39 is 0 Å². The average Bonchev–Trinajstić information content (AvgIpc) is 2.65. The predicted molar refractivity (Wildman–Crippen MR) is 61.7 cm³/mol. The van der Waals surface area contributed by atoms with Gasteiger partial charge >= 0.3 is 0 Å². The molecule has 3 nitrogen and oxygen atoms in total. The summed E-state index contributed by atoms with van der Waals surface area (Å²) in [6, 6.07) is 0.595. The maximum Gasteiger partial charge on any atom is 0.208 e. The van der Waals surface area contributed by atoms with E-state index in [-0.39, 0.29) is 0 Å². The second-order valence-electron chi connectivity index (χ2n) is 3.99. The highest BCUT2D eigenvalue weighted by atomic mass is 16.4. The van der Waals surface area contributed by atoms with Crippen LogP contribution in [0.2, 0.25) is 0 Å². The molecule has 0 bridgehead atoms. The number of nitrogens with zero attached hydrogens (tertiary/aromatic N) is 1. The first kappa shape index (κ1) is 12.2. The summed E-state index contributed by atoms with van der Waals surface area (Å²) in [5, 5.41) is 3.48. The highest BCUT2D eigenvalue weighted by molar-refractivity contribution is 4.90. The molecule has 1 rings (SSSR count). The SMILES string of the molecule is CCCCC(CC)NCc1ncc(C)o1. The minimum Gasteiger partial charge on any atom is -0.445 e. The summed E-state index contributed by atoms with van der Waals surface area (Å²) in [7, 11) is 0. The molecule has 0 saturated heterocycles. The molecular formula is C12H22N2O. The van der Waals surface area contributed by atoms with Crippen molar-refractivity contribution in [2.24, 2.45) is 0 Å². The number of rotatable bonds is 7. The molecule has 1 atom stereocenters. The van der Waals surface area contributed by atoms with E-state index in [4.69, 9.17) is 4.42 Å². The molecule has 1 heterocycles. The Labute approximate surface area is 92.3 Å². The molecule has 0 aliphatic rings. The van der Waals surface area contributed by atoms with Gasteiger partial charge in [0.05, 0.1) is 12.7 Å². The van der Waals surface area contributed by atoms with Gasteiger partial charge in [-0.05, 0) is 19.8 Å². The van der Waals surface area contributed by atoms with E-state index in [0.717, 1.165) is 18.2 Å². The summed E-state index contributed by atoms with van der Waals surface area (Å²) in [5.74, 6) is 1.68. The van der Waals surface area contributed by atoms with E-state index in [1.54, 1.807) is 6.20 Å². The molecule has 0 aliphatic carbocycles. The van der Waals surface area contributed by atoms with E-state index in [9.17, 15) is 0 Å². The molecule has 1 aromatic heterocycles. The van der Waals surface area contributed by atoms with Crippen LogP contribution in [0.3, 0.4) is 0 Å². The smallest absolute Gasteiger partial charge is 0.208 e. The van der Waals surface area contributed by atoms with Gasteiger partial charge in [-0.25, -0.2) is 4.98 Å². The van der Waals surface area contributed by atoms with Crippen LogP contribution >= 0.6 is 0 Å². The molecule has 0 radical (unpaired) electrons. The minimum atomic E-state index is 0.595. The molecule has 1 N–H and O–H groups in total. The quantitative estimate of drug-likeness (QED) is 0.751. The van der Waals surface area contributed by atoms with Crippen LogP contribution < -0.4 is 5.32 Å². The lowest BCUT2D eigenvalue weighted by Crippen LogP contribution is -2.27. The first-order valence-corrected chi connectivity index (χ1v) is 5.91. The fourth-order valence-electron chi connectivity index (χ4n) is 1.62. The van der Waals surface area contributed by atoms with Crippen molar-refractivity contribution in [2.45, 2.75) is 59.0 Å². The maximum atomic E-state index is 5.41. The Morgan fingerprint density at radius 3 is 2.80 bits per heavy atom. The molecule has 0 spiro atoms. The van der Waals surface area contributed by atoms with Gasteiger partial charge in [-0.3, -0.25) is 0 Å². The van der Waals surface area contributed by atoms with Crippen molar-refractivity contribution < 1.29 is 4.42 Å². The monoisotopic (exact) mass is 210 g/mol. The summed E-state index contributed by atoms with van der Waals surface area (Å²) < 4.78 is 5.41. The summed E-state index contributed by atoms with van der Waals surface area (Å²) in [4.78, 5) is 4.17. The van der Waals surface area contributed by atoms with Gasteiger partial charge in [-0.2, -0.15) is 0 Å². The van der Waals surface area contributed by atoms with Crippen molar-refractivity contribution in [1.82, 2.24) is 10.3 Å². The van der Waals surface area contributed by atoms with E-state index in [0.29, 0.717) is 6.04 Å². The Kier molecular flexibility index (Phi) is 5.40. The molecule has 15 heavy (non-hydrogen) atoms. The second kappa shape index (κ2) is 6.62. The number of unbranched alkanes of at least 4 members (excludes halogenated alkanes) is 1. The van der Waals surface area contributed by atoms with Gasteiger partial charge in [-0.1, -0.05) is 26.7 Å². The van der Waals surface area contributed by atoms with Gasteiger partial charge in [0, 0.05) is 6.04 Å². The van der Waals surface area contributed by atoms with Gasteiger partial charge in [0.2, 0.25) is 5.89 Å². The topological polar surface area (TPSA) is 38.1 Å². The fourth-order valence-corrected chi connectivity index (χ4v) is 1.62. The van der Waals surface area contributed by atoms with Crippen molar-refractivity contribution in [3.8, 4) is 0 Å². The van der Waals surface area contributed by atoms with Crippen LogP contribution in [0.4, 0.5) is 0 Å². The Bertz CT molecular complexity index is 270. The van der Waals surface area contributed by atoms with Gasteiger partial charge < -0.3 is 9.73 Å². The Hall–Kier alpha value is -0.830. The lowest BCUT2D eigenvalue weighted by atomic mass is 10.1. The highest BCUT2D eigenvalue weighted by Gasteiger charge is 2.06. The van der Waals surface area contributed by atoms with Crippen molar-refractivity contribution in [3.63, 3.8) is 0 Å². The number of hydrogen-bond donors (Lipinski definition) is 1. The number of aromatic nitrogens is 1. The van der Waals surface area contributed by atoms with Crippen molar-refractivity contribution in [1.29, 1.82) is 0 Å². The fraction of sp³-hybridized carbons (Fsp3) is 0.750. The Balaban J connectivity index is 2.27. The van der Waals surface area contributed by atoms with E-state index in [2.05, 4.69) is 24.1 Å². The number of nitrogens with one attached hydrogen (secondary N) is 1. The standard InChI is InChI=1S/C12H22N2O/c1-4-6-7-11(5-2)13-9-12-14-8-10(3)15-12/h8,11,13H,4-7,9H2,1-3H3. The number of aryl methyl sites for hydroxylation is 1. The first-order chi connectivity index (χ1) is 7.26. The molecule has 86 valence electrons. The van der Waals surface area contributed by atoms with Gasteiger partial charge in [0.1, 0.15) is 5.76 Å². The van der Waals surface area contributed by atoms with Crippen LogP contribution in [-0.2, 0) is 6.54 Å². The second-order valence-corrected chi connectivity index (χ2v) is 3.99. The third kappa shape index (κ3) is 4.47. The zero-order valence-corrected chi connectivity index (χ0v) is 10.0. The van der Waals surface area contributed by atoms with Crippen LogP contribution in [0.1, 0.15) is 51.2 Å². The van der Waals surface area contributed by atoms with Crippen LogP contribution in [0.25, 0.3) is 0 Å². The molecule has 0 aliphatic heterocycles. The summed E-state index contributed by atoms with van der Waals surface area (Å²) in [6.07, 6.45) is 6.72. The van der Waals surface area contributed by atoms with Gasteiger partial charge in [0.15, 0.2) is 0 Å². The zero-order chi connectivity index (χ0) is 11.1. The maximum absolute atomic E-state index is 5.41. The lowest BCUT2D eigenvalue weighted by Gasteiger charge is -2.14. The van der Waals surface area contributed by atoms with E-state index in [1.165, 1.54) is 25.7 Å². The summed E-state index contributed by atoms with van der Waals surface area (Å²) >= 11 is 0. The molecule has 3 heteroatoms.